The third-order valence-corrected chi connectivity index (χ3v) is 19.2. The van der Waals surface area contributed by atoms with Crippen LogP contribution >= 0.6 is 0 Å². The number of unbranched alkanes of at least 4 members (excludes halogenated alkanes) is 54. The van der Waals surface area contributed by atoms with E-state index in [2.05, 4.69) is 43.5 Å². The number of rotatable bonds is 72. The van der Waals surface area contributed by atoms with Crippen molar-refractivity contribution in [1.82, 2.24) is 5.32 Å². The van der Waals surface area contributed by atoms with Gasteiger partial charge in [-0.3, -0.25) is 9.59 Å². The van der Waals surface area contributed by atoms with Crippen LogP contribution < -0.4 is 5.32 Å². The van der Waals surface area contributed by atoms with Gasteiger partial charge in [-0.25, -0.2) is 0 Å². The molecule has 0 aromatic carbocycles. The number of allylic oxidation sites excluding steroid dienone is 5. The summed E-state index contributed by atoms with van der Waals surface area (Å²) in [6.45, 7) is 4.37. The van der Waals surface area contributed by atoms with Crippen LogP contribution in [-0.4, -0.2) is 100 Å². The number of amides is 1. The molecule has 1 aliphatic rings. The second-order valence-corrected chi connectivity index (χ2v) is 28.1. The molecule has 0 saturated carbocycles. The fourth-order valence-corrected chi connectivity index (χ4v) is 12.9. The van der Waals surface area contributed by atoms with Crippen LogP contribution in [0.3, 0.4) is 0 Å². The first kappa shape index (κ1) is 87.9. The Morgan fingerprint density at radius 1 is 0.391 bits per heavy atom. The molecule has 1 rings (SSSR count). The maximum Gasteiger partial charge on any atom is 0.305 e. The van der Waals surface area contributed by atoms with Crippen LogP contribution in [0.25, 0.3) is 0 Å². The van der Waals surface area contributed by atoms with E-state index in [1.807, 2.05) is 6.08 Å². The molecule has 7 atom stereocenters. The SMILES string of the molecule is CCCCCCCC/C=C/CC/C=C/C(O)C(COC1OC(CO)C(O)C(O)C1O)NC(=O)CCCCCCCCCCCCCCCCCCC/C=C\CCCCCCCCCCCCCCCCCCCCOC(=O)CCCCCCCCCCCCCCC. The summed E-state index contributed by atoms with van der Waals surface area (Å²) in [6, 6.07) is -0.824. The molecule has 7 unspecified atom stereocenters. The standard InChI is InChI=1S/C81H153NO10/c1-3-5-7-9-11-13-15-44-49-53-57-61-65-69-77(86)90-70-66-62-58-54-50-46-43-41-39-37-35-33-31-29-27-25-23-21-19-17-18-20-22-24-26-28-30-32-34-36-38-40-42-45-48-52-56-60-64-68-76(85)82-73(72-91-81-80(89)79(88)78(87)75(71-83)92-81)74(84)67-63-59-55-51-47-16-14-12-10-8-6-4-2/h17-18,47,51,63,67,73-75,78-81,83-84,87-89H,3-16,19-46,48-50,52-62,64-66,68-72H2,1-2H3,(H,82,85)/b18-17-,51-47+,67-63+. The number of hydrogen-bond donors (Lipinski definition) is 6. The van der Waals surface area contributed by atoms with Crippen LogP contribution in [0.5, 0.6) is 0 Å². The lowest BCUT2D eigenvalue weighted by Gasteiger charge is -2.40. The molecule has 11 heteroatoms. The lowest BCUT2D eigenvalue weighted by molar-refractivity contribution is -0.302. The van der Waals surface area contributed by atoms with Crippen LogP contribution in [0.4, 0.5) is 0 Å². The van der Waals surface area contributed by atoms with Crippen molar-refractivity contribution < 1.29 is 49.3 Å². The van der Waals surface area contributed by atoms with E-state index in [1.165, 1.54) is 327 Å². The molecular weight excluding hydrogens is 1150 g/mol. The maximum atomic E-state index is 13.1. The third-order valence-electron chi connectivity index (χ3n) is 19.2. The summed E-state index contributed by atoms with van der Waals surface area (Å²) in [4.78, 5) is 25.1. The van der Waals surface area contributed by atoms with E-state index in [1.54, 1.807) is 6.08 Å². The van der Waals surface area contributed by atoms with Crippen molar-refractivity contribution in [3.63, 3.8) is 0 Å². The Kier molecular flexibility index (Phi) is 67.1. The first-order valence-corrected chi connectivity index (χ1v) is 40.3. The monoisotopic (exact) mass is 1300 g/mol. The number of esters is 1. The van der Waals surface area contributed by atoms with E-state index in [9.17, 15) is 35.1 Å². The summed E-state index contributed by atoms with van der Waals surface area (Å²) in [7, 11) is 0. The number of carbonyl (C=O) groups excluding carboxylic acids is 2. The van der Waals surface area contributed by atoms with Crippen LogP contribution in [0.15, 0.2) is 36.5 Å². The van der Waals surface area contributed by atoms with E-state index < -0.39 is 49.5 Å². The van der Waals surface area contributed by atoms with Crippen molar-refractivity contribution >= 4 is 11.9 Å². The lowest BCUT2D eigenvalue weighted by atomic mass is 9.99. The number of carbonyl (C=O) groups is 2. The molecule has 0 bridgehead atoms. The number of nitrogens with one attached hydrogen (secondary N) is 1. The Hall–Kier alpha value is -2.12. The predicted octanol–water partition coefficient (Wildman–Crippen LogP) is 21.7. The summed E-state index contributed by atoms with van der Waals surface area (Å²) in [5.74, 6) is -0.167. The Bertz CT molecular complexity index is 1620. The molecule has 0 aliphatic carbocycles. The van der Waals surface area contributed by atoms with Gasteiger partial charge in [0, 0.05) is 12.8 Å². The minimum Gasteiger partial charge on any atom is -0.466 e. The summed E-state index contributed by atoms with van der Waals surface area (Å²) in [5, 5.41) is 54.5. The van der Waals surface area contributed by atoms with Crippen LogP contribution in [0.2, 0.25) is 0 Å². The summed E-state index contributed by atoms with van der Waals surface area (Å²) < 4.78 is 16.8. The molecule has 1 saturated heterocycles. The van der Waals surface area contributed by atoms with Gasteiger partial charge in [0.05, 0.1) is 32.0 Å². The van der Waals surface area contributed by atoms with E-state index in [0.717, 1.165) is 51.4 Å². The fourth-order valence-electron chi connectivity index (χ4n) is 12.9. The van der Waals surface area contributed by atoms with E-state index in [0.29, 0.717) is 19.4 Å². The van der Waals surface area contributed by atoms with E-state index in [4.69, 9.17) is 14.2 Å². The zero-order valence-electron chi connectivity index (χ0n) is 60.5. The zero-order chi connectivity index (χ0) is 66.5. The molecule has 11 nitrogen and oxygen atoms in total. The molecule has 1 aliphatic heterocycles. The van der Waals surface area contributed by atoms with Gasteiger partial charge in [-0.1, -0.05) is 359 Å². The zero-order valence-corrected chi connectivity index (χ0v) is 60.5. The number of ether oxygens (including phenoxy) is 3. The number of aliphatic hydroxyl groups excluding tert-OH is 5. The Labute approximate surface area is 568 Å². The topological polar surface area (TPSA) is 175 Å². The predicted molar refractivity (Wildman–Crippen MR) is 389 cm³/mol. The van der Waals surface area contributed by atoms with Crippen molar-refractivity contribution in [3.05, 3.63) is 36.5 Å². The quantitative estimate of drug-likeness (QED) is 0.0195. The molecule has 1 heterocycles. The van der Waals surface area contributed by atoms with Crippen molar-refractivity contribution in [2.24, 2.45) is 0 Å². The summed E-state index contributed by atoms with van der Waals surface area (Å²) >= 11 is 0. The van der Waals surface area contributed by atoms with Gasteiger partial charge in [0.1, 0.15) is 24.4 Å². The van der Waals surface area contributed by atoms with Gasteiger partial charge in [-0.2, -0.15) is 0 Å². The minimum absolute atomic E-state index is 0.0188. The highest BCUT2D eigenvalue weighted by Crippen LogP contribution is 2.24. The molecule has 6 N–H and O–H groups in total. The first-order valence-electron chi connectivity index (χ1n) is 40.3. The van der Waals surface area contributed by atoms with Gasteiger partial charge >= 0.3 is 5.97 Å². The van der Waals surface area contributed by atoms with Crippen molar-refractivity contribution in [2.45, 2.75) is 448 Å². The Morgan fingerprint density at radius 3 is 1.08 bits per heavy atom. The molecule has 1 amide bonds. The van der Waals surface area contributed by atoms with E-state index in [-0.39, 0.29) is 18.5 Å². The van der Waals surface area contributed by atoms with Gasteiger partial charge in [-0.15, -0.1) is 0 Å². The van der Waals surface area contributed by atoms with Crippen molar-refractivity contribution in [1.29, 1.82) is 0 Å². The summed E-state index contributed by atoms with van der Waals surface area (Å²) in [6.07, 6.45) is 81.9. The number of hydrogen-bond acceptors (Lipinski definition) is 10. The molecule has 542 valence electrons. The van der Waals surface area contributed by atoms with Gasteiger partial charge in [-0.05, 0) is 70.6 Å². The average molecular weight is 1300 g/mol. The number of aliphatic hydroxyl groups is 5. The minimum atomic E-state index is -1.57. The highest BCUT2D eigenvalue weighted by atomic mass is 16.7. The largest absolute Gasteiger partial charge is 0.466 e. The first-order chi connectivity index (χ1) is 45.2. The molecular formula is C81H153NO10. The van der Waals surface area contributed by atoms with E-state index >= 15 is 0 Å². The smallest absolute Gasteiger partial charge is 0.305 e. The van der Waals surface area contributed by atoms with Crippen LogP contribution in [-0.2, 0) is 23.8 Å². The molecule has 1 fully saturated rings. The highest BCUT2D eigenvalue weighted by Gasteiger charge is 2.44. The average Bonchev–Trinajstić information content (AvgIpc) is 1.08. The van der Waals surface area contributed by atoms with Gasteiger partial charge in [0.25, 0.3) is 0 Å². The lowest BCUT2D eigenvalue weighted by Crippen LogP contribution is -2.60. The van der Waals surface area contributed by atoms with Crippen LogP contribution in [0, 0.1) is 0 Å². The Morgan fingerprint density at radius 2 is 0.707 bits per heavy atom. The van der Waals surface area contributed by atoms with Crippen molar-refractivity contribution in [3.8, 4) is 0 Å². The van der Waals surface area contributed by atoms with Gasteiger partial charge in [0.15, 0.2) is 6.29 Å². The molecule has 0 aromatic rings. The molecule has 92 heavy (non-hydrogen) atoms. The normalized spacial score (nSPS) is 17.7. The second-order valence-electron chi connectivity index (χ2n) is 28.1. The van der Waals surface area contributed by atoms with Crippen molar-refractivity contribution in [2.75, 3.05) is 19.8 Å². The molecule has 0 radical (unpaired) electrons. The van der Waals surface area contributed by atoms with Gasteiger partial charge < -0.3 is 45.1 Å². The second kappa shape index (κ2) is 70.2. The molecule has 0 spiro atoms. The fraction of sp³-hybridized carbons (Fsp3) is 0.901. The summed E-state index contributed by atoms with van der Waals surface area (Å²) in [5.41, 5.74) is 0. The maximum absolute atomic E-state index is 13.1. The van der Waals surface area contributed by atoms with Gasteiger partial charge in [0.2, 0.25) is 5.91 Å². The third kappa shape index (κ3) is 58.1. The highest BCUT2D eigenvalue weighted by molar-refractivity contribution is 5.76. The Balaban J connectivity index is 1.88. The van der Waals surface area contributed by atoms with Crippen LogP contribution in [0.1, 0.15) is 406 Å². The molecule has 0 aromatic heterocycles.